The third-order valence-corrected chi connectivity index (χ3v) is 1.08. The minimum Gasteiger partial charge on any atom is -0.385 e. The fourth-order valence-corrected chi connectivity index (χ4v) is 0.433. The van der Waals surface area contributed by atoms with E-state index in [2.05, 4.69) is 0 Å². The smallest absolute Gasteiger partial charge is 0.183 e. The predicted octanol–water partition coefficient (Wildman–Crippen LogP) is 0.495. The zero-order valence-electron chi connectivity index (χ0n) is 7.99. The maximum Gasteiger partial charge on any atom is 0.183 e. The molecule has 0 saturated heterocycles. The molecule has 0 heterocycles. The van der Waals surface area contributed by atoms with Gasteiger partial charge in [0, 0.05) is 58.4 Å². The second-order valence-electron chi connectivity index (χ2n) is 2.88. The minimum absolute atomic E-state index is 0. The quantitative estimate of drug-likeness (QED) is 0.587. The summed E-state index contributed by atoms with van der Waals surface area (Å²) >= 11 is 0. The van der Waals surface area contributed by atoms with E-state index in [9.17, 15) is 0 Å². The topological polar surface area (TPSA) is 49.7 Å². The molecule has 1 atom stereocenters. The van der Waals surface area contributed by atoms with Gasteiger partial charge in [-0.05, 0) is 20.3 Å². The molecule has 0 aliphatic carbocycles. The Balaban J connectivity index is -0.000000135. The summed E-state index contributed by atoms with van der Waals surface area (Å²) in [6.45, 7) is 5.43. The zero-order chi connectivity index (χ0) is 8.20. The molecule has 0 saturated carbocycles. The summed E-state index contributed by atoms with van der Waals surface area (Å²) in [7, 11) is 0. The average molecular weight is 307 g/mol. The molecule has 13 heavy (non-hydrogen) atoms. The molecule has 0 aromatic carbocycles. The summed E-state index contributed by atoms with van der Waals surface area (Å²) in [6, 6.07) is 0. The summed E-state index contributed by atoms with van der Waals surface area (Å²) in [5, 5.41) is 18.2. The van der Waals surface area contributed by atoms with E-state index in [1.54, 1.807) is 0 Å². The molecule has 81 valence electrons. The Bertz CT molecular complexity index is 98.2. The summed E-state index contributed by atoms with van der Waals surface area (Å²) in [4.78, 5) is 0. The predicted molar refractivity (Wildman–Crippen MR) is 38.5 cm³/mol. The molecule has 0 aliphatic heterocycles. The summed E-state index contributed by atoms with van der Waals surface area (Å²) in [5.41, 5.74) is -1.16. The number of hydrogen-bond acceptors (Lipinski definition) is 3. The van der Waals surface area contributed by atoms with Gasteiger partial charge < -0.3 is 14.9 Å². The Morgan fingerprint density at radius 2 is 1.69 bits per heavy atom. The maximum atomic E-state index is 9.14. The molecule has 2 N–H and O–H groups in total. The second-order valence-corrected chi connectivity index (χ2v) is 2.88. The van der Waals surface area contributed by atoms with Crippen LogP contribution in [-0.4, -0.2) is 28.7 Å². The van der Waals surface area contributed by atoms with E-state index in [4.69, 9.17) is 14.9 Å². The third kappa shape index (κ3) is 13.5. The molecule has 3 nitrogen and oxygen atoms in total. The number of aliphatic hydroxyl groups excluding tert-OH is 1. The first kappa shape index (κ1) is 23.9. The molecule has 1 unspecified atom stereocenters. The van der Waals surface area contributed by atoms with Crippen LogP contribution in [0.25, 0.3) is 0 Å². The molecular weight excluding hydrogens is 291 g/mol. The van der Waals surface area contributed by atoms with Crippen LogP contribution in [0.3, 0.4) is 0 Å². The SMILES string of the molecule is CCCOC(O)C(C)(C)O.[Cr].[Cr].[Mn]. The van der Waals surface area contributed by atoms with Gasteiger partial charge in [0.2, 0.25) is 0 Å². The van der Waals surface area contributed by atoms with Crippen LogP contribution < -0.4 is 0 Å². The molecule has 0 spiro atoms. The van der Waals surface area contributed by atoms with Gasteiger partial charge in [-0.25, -0.2) is 0 Å². The van der Waals surface area contributed by atoms with Crippen LogP contribution in [0.2, 0.25) is 0 Å². The van der Waals surface area contributed by atoms with Gasteiger partial charge in [0.05, 0.1) is 0 Å². The van der Waals surface area contributed by atoms with E-state index in [-0.39, 0.29) is 51.8 Å². The first-order valence-corrected chi connectivity index (χ1v) is 3.50. The van der Waals surface area contributed by atoms with Gasteiger partial charge in [-0.2, -0.15) is 0 Å². The molecule has 0 fully saturated rings. The van der Waals surface area contributed by atoms with E-state index < -0.39 is 11.9 Å². The number of rotatable bonds is 4. The van der Waals surface area contributed by atoms with Gasteiger partial charge in [-0.3, -0.25) is 0 Å². The van der Waals surface area contributed by atoms with E-state index in [0.717, 1.165) is 6.42 Å². The summed E-state index contributed by atoms with van der Waals surface area (Å²) in [5.74, 6) is 0. The average Bonchev–Trinajstić information content (AvgIpc) is 1.80. The zero-order valence-corrected chi connectivity index (χ0v) is 11.7. The van der Waals surface area contributed by atoms with Crippen LogP contribution >= 0.6 is 0 Å². The van der Waals surface area contributed by atoms with Gasteiger partial charge in [0.1, 0.15) is 5.60 Å². The number of hydrogen-bond donors (Lipinski definition) is 2. The van der Waals surface area contributed by atoms with Crippen LogP contribution in [0.4, 0.5) is 0 Å². The van der Waals surface area contributed by atoms with Crippen molar-refractivity contribution in [2.24, 2.45) is 0 Å². The number of ether oxygens (including phenoxy) is 1. The Hall–Kier alpha value is 1.46. The molecule has 0 aromatic rings. The monoisotopic (exact) mass is 307 g/mol. The molecule has 0 aliphatic rings. The molecule has 0 rings (SSSR count). The van der Waals surface area contributed by atoms with Crippen LogP contribution in [0.1, 0.15) is 27.2 Å². The van der Waals surface area contributed by atoms with Crippen molar-refractivity contribution >= 4 is 0 Å². The Morgan fingerprint density at radius 1 is 1.31 bits per heavy atom. The van der Waals surface area contributed by atoms with Crippen molar-refractivity contribution in [3.05, 3.63) is 0 Å². The third-order valence-electron chi connectivity index (χ3n) is 1.08. The van der Waals surface area contributed by atoms with E-state index >= 15 is 0 Å². The van der Waals surface area contributed by atoms with Crippen molar-refractivity contribution in [3.63, 3.8) is 0 Å². The van der Waals surface area contributed by atoms with Crippen molar-refractivity contribution in [1.82, 2.24) is 0 Å². The van der Waals surface area contributed by atoms with E-state index in [1.165, 1.54) is 13.8 Å². The first-order chi connectivity index (χ1) is 4.48. The molecular formula is C7H16Cr2MnO3. The van der Waals surface area contributed by atoms with Crippen LogP contribution in [-0.2, 0) is 56.5 Å². The van der Waals surface area contributed by atoms with Gasteiger partial charge >= 0.3 is 0 Å². The Kier molecular flexibility index (Phi) is 21.3. The Morgan fingerprint density at radius 3 is 1.92 bits per heavy atom. The van der Waals surface area contributed by atoms with Crippen molar-refractivity contribution in [1.29, 1.82) is 0 Å². The van der Waals surface area contributed by atoms with Gasteiger partial charge in [0.25, 0.3) is 0 Å². The Labute approximate surface area is 112 Å². The van der Waals surface area contributed by atoms with E-state index in [1.807, 2.05) is 6.92 Å². The fraction of sp³-hybridized carbons (Fsp3) is 1.00. The molecule has 0 amide bonds. The normalized spacial score (nSPS) is 11.8. The second kappa shape index (κ2) is 11.5. The van der Waals surface area contributed by atoms with E-state index in [0.29, 0.717) is 6.61 Å². The van der Waals surface area contributed by atoms with Crippen LogP contribution in [0.15, 0.2) is 0 Å². The largest absolute Gasteiger partial charge is 0.385 e. The van der Waals surface area contributed by atoms with Crippen LogP contribution in [0.5, 0.6) is 0 Å². The molecule has 6 heteroatoms. The van der Waals surface area contributed by atoms with Gasteiger partial charge in [-0.15, -0.1) is 0 Å². The minimum atomic E-state index is -1.16. The van der Waals surface area contributed by atoms with Gasteiger partial charge in [-0.1, -0.05) is 6.92 Å². The van der Waals surface area contributed by atoms with Crippen molar-refractivity contribution in [2.45, 2.75) is 39.1 Å². The number of aliphatic hydroxyl groups is 2. The molecule has 0 bridgehead atoms. The summed E-state index contributed by atoms with van der Waals surface area (Å²) in [6.07, 6.45) is -0.236. The van der Waals surface area contributed by atoms with Crippen molar-refractivity contribution < 1.29 is 66.7 Å². The van der Waals surface area contributed by atoms with Crippen LogP contribution in [0, 0.1) is 0 Å². The van der Waals surface area contributed by atoms with Crippen molar-refractivity contribution in [3.8, 4) is 0 Å². The molecule has 1 radical (unpaired) electrons. The maximum absolute atomic E-state index is 9.14. The molecule has 0 aromatic heterocycles. The van der Waals surface area contributed by atoms with Gasteiger partial charge in [0.15, 0.2) is 6.29 Å². The summed E-state index contributed by atoms with van der Waals surface area (Å²) < 4.78 is 4.86. The standard InChI is InChI=1S/C7H16O3.2Cr.Mn/c1-4-5-10-6(8)7(2,3)9;;;/h6,8-9H,4-5H2,1-3H3;;;. The van der Waals surface area contributed by atoms with Crippen molar-refractivity contribution in [2.75, 3.05) is 6.61 Å². The fourth-order valence-electron chi connectivity index (χ4n) is 0.433. The first-order valence-electron chi connectivity index (χ1n) is 3.50.